The first-order valence-corrected chi connectivity index (χ1v) is 12.2. The lowest BCUT2D eigenvalue weighted by atomic mass is 9.95. The smallest absolute Gasteiger partial charge is 0.339 e. The van der Waals surface area contributed by atoms with E-state index in [9.17, 15) is 25.0 Å². The number of hydrogen-bond acceptors (Lipinski definition) is 8. The SMILES string of the molecule is N#Cc1cc([N+](=O)[O-])ccc1NC(=O)COC(=O)c1c2c(nc3ccccc13)CCN(Cc1ccccc1)C2. The van der Waals surface area contributed by atoms with Crippen LogP contribution in [0.4, 0.5) is 11.4 Å². The zero-order chi connectivity index (χ0) is 27.4. The summed E-state index contributed by atoms with van der Waals surface area (Å²) in [6.45, 7) is 1.42. The number of nitro groups is 1. The zero-order valence-electron chi connectivity index (χ0n) is 20.8. The average Bonchev–Trinajstić information content (AvgIpc) is 2.95. The van der Waals surface area contributed by atoms with Crippen molar-refractivity contribution in [2.45, 2.75) is 19.5 Å². The largest absolute Gasteiger partial charge is 0.452 e. The number of carbonyl (C=O) groups excluding carboxylic acids is 2. The van der Waals surface area contributed by atoms with Crippen LogP contribution >= 0.6 is 0 Å². The third-order valence-electron chi connectivity index (χ3n) is 6.52. The second-order valence-corrected chi connectivity index (χ2v) is 9.10. The van der Waals surface area contributed by atoms with Crippen molar-refractivity contribution in [1.29, 1.82) is 5.26 Å². The number of rotatable bonds is 7. The van der Waals surface area contributed by atoms with E-state index in [0.717, 1.165) is 30.4 Å². The van der Waals surface area contributed by atoms with Crippen LogP contribution in [0.2, 0.25) is 0 Å². The molecule has 0 spiro atoms. The van der Waals surface area contributed by atoms with E-state index in [4.69, 9.17) is 9.72 Å². The highest BCUT2D eigenvalue weighted by atomic mass is 16.6. The second-order valence-electron chi connectivity index (χ2n) is 9.10. The molecule has 194 valence electrons. The molecule has 10 nitrogen and oxygen atoms in total. The van der Waals surface area contributed by atoms with Crippen LogP contribution in [0.3, 0.4) is 0 Å². The second kappa shape index (κ2) is 11.1. The van der Waals surface area contributed by atoms with Gasteiger partial charge in [-0.3, -0.25) is 24.8 Å². The Balaban J connectivity index is 1.36. The Kier molecular flexibility index (Phi) is 7.25. The summed E-state index contributed by atoms with van der Waals surface area (Å²) in [6.07, 6.45) is 0.671. The molecule has 0 radical (unpaired) electrons. The number of fused-ring (bicyclic) bond motifs is 2. The van der Waals surface area contributed by atoms with Gasteiger partial charge >= 0.3 is 5.97 Å². The highest BCUT2D eigenvalue weighted by Gasteiger charge is 2.27. The predicted molar refractivity (Wildman–Crippen MR) is 143 cm³/mol. The van der Waals surface area contributed by atoms with E-state index in [-0.39, 0.29) is 16.9 Å². The van der Waals surface area contributed by atoms with Gasteiger partial charge in [-0.2, -0.15) is 5.26 Å². The number of anilines is 1. The number of aromatic nitrogens is 1. The first kappa shape index (κ1) is 25.5. The molecule has 0 bridgehead atoms. The molecule has 0 unspecified atom stereocenters. The molecule has 2 heterocycles. The van der Waals surface area contributed by atoms with E-state index >= 15 is 0 Å². The summed E-state index contributed by atoms with van der Waals surface area (Å²) < 4.78 is 5.44. The van der Waals surface area contributed by atoms with E-state index in [1.165, 1.54) is 17.7 Å². The Morgan fingerprint density at radius 1 is 1.10 bits per heavy atom. The summed E-state index contributed by atoms with van der Waals surface area (Å²) in [5.74, 6) is -1.32. The van der Waals surface area contributed by atoms with Gasteiger partial charge in [-0.1, -0.05) is 48.5 Å². The van der Waals surface area contributed by atoms with Crippen molar-refractivity contribution in [3.8, 4) is 6.07 Å². The molecule has 0 saturated heterocycles. The monoisotopic (exact) mass is 521 g/mol. The Labute approximate surface area is 223 Å². The fourth-order valence-electron chi connectivity index (χ4n) is 4.69. The summed E-state index contributed by atoms with van der Waals surface area (Å²) in [5, 5.41) is 23.4. The van der Waals surface area contributed by atoms with Crippen molar-refractivity contribution < 1.29 is 19.2 Å². The number of ether oxygens (including phenoxy) is 1. The van der Waals surface area contributed by atoms with Crippen molar-refractivity contribution in [3.05, 3.63) is 111 Å². The lowest BCUT2D eigenvalue weighted by Gasteiger charge is -2.30. The van der Waals surface area contributed by atoms with Crippen molar-refractivity contribution in [2.24, 2.45) is 0 Å². The molecule has 0 atom stereocenters. The Hall–Kier alpha value is -5.14. The van der Waals surface area contributed by atoms with E-state index in [0.29, 0.717) is 29.4 Å². The number of non-ortho nitro benzene ring substituents is 1. The van der Waals surface area contributed by atoms with E-state index in [2.05, 4.69) is 22.3 Å². The molecule has 1 N–H and O–H groups in total. The maximum absolute atomic E-state index is 13.4. The average molecular weight is 522 g/mol. The first-order chi connectivity index (χ1) is 18.9. The number of para-hydroxylation sites is 1. The van der Waals surface area contributed by atoms with Crippen LogP contribution in [0.1, 0.15) is 32.7 Å². The summed E-state index contributed by atoms with van der Waals surface area (Å²) in [4.78, 5) is 43.4. The number of nitriles is 1. The number of benzene rings is 3. The molecular weight excluding hydrogens is 498 g/mol. The lowest BCUT2D eigenvalue weighted by Crippen LogP contribution is -2.32. The number of hydrogen-bond donors (Lipinski definition) is 1. The van der Waals surface area contributed by atoms with Crippen LogP contribution < -0.4 is 5.32 Å². The highest BCUT2D eigenvalue weighted by molar-refractivity contribution is 6.06. The topological polar surface area (TPSA) is 138 Å². The molecule has 5 rings (SSSR count). The third kappa shape index (κ3) is 5.58. The fourth-order valence-corrected chi connectivity index (χ4v) is 4.69. The molecule has 1 aromatic heterocycles. The zero-order valence-corrected chi connectivity index (χ0v) is 20.8. The summed E-state index contributed by atoms with van der Waals surface area (Å²) >= 11 is 0. The molecule has 4 aromatic rings. The van der Waals surface area contributed by atoms with Crippen LogP contribution in [0, 0.1) is 21.4 Å². The molecule has 0 aliphatic carbocycles. The molecule has 10 heteroatoms. The number of amides is 1. The minimum atomic E-state index is -0.674. The quantitative estimate of drug-likeness (QED) is 0.215. The Bertz CT molecular complexity index is 1630. The Morgan fingerprint density at radius 3 is 2.64 bits per heavy atom. The van der Waals surface area contributed by atoms with E-state index in [1.54, 1.807) is 0 Å². The maximum Gasteiger partial charge on any atom is 0.339 e. The van der Waals surface area contributed by atoms with Gasteiger partial charge in [-0.25, -0.2) is 4.79 Å². The Morgan fingerprint density at radius 2 is 1.87 bits per heavy atom. The van der Waals surface area contributed by atoms with Crippen LogP contribution in [-0.4, -0.2) is 39.8 Å². The summed E-state index contributed by atoms with van der Waals surface area (Å²) in [6, 6.07) is 22.7. The standard InChI is InChI=1S/C29H23N5O5/c30-15-20-14-21(34(37)38)10-11-24(20)32-27(35)18-39-29(36)28-22-8-4-5-9-25(22)31-26-12-13-33(17-23(26)28)16-19-6-2-1-3-7-19/h1-11,14H,12-13,16-18H2,(H,32,35). The van der Waals surface area contributed by atoms with E-state index < -0.39 is 23.4 Å². The lowest BCUT2D eigenvalue weighted by molar-refractivity contribution is -0.384. The van der Waals surface area contributed by atoms with Gasteiger partial charge in [0.15, 0.2) is 6.61 Å². The number of esters is 1. The fraction of sp³-hybridized carbons (Fsp3) is 0.172. The van der Waals surface area contributed by atoms with Gasteiger partial charge in [0.05, 0.1) is 27.3 Å². The number of nitro benzene ring substituents is 1. The molecule has 1 aliphatic rings. The van der Waals surface area contributed by atoms with Crippen molar-refractivity contribution in [2.75, 3.05) is 18.5 Å². The third-order valence-corrected chi connectivity index (χ3v) is 6.52. The molecule has 1 aliphatic heterocycles. The number of pyridine rings is 1. The molecular formula is C29H23N5O5. The van der Waals surface area contributed by atoms with Crippen molar-refractivity contribution >= 4 is 34.2 Å². The van der Waals surface area contributed by atoms with Gasteiger partial charge in [0.1, 0.15) is 6.07 Å². The molecule has 3 aromatic carbocycles. The van der Waals surface area contributed by atoms with Crippen LogP contribution in [0.5, 0.6) is 0 Å². The van der Waals surface area contributed by atoms with Gasteiger partial charge in [0.2, 0.25) is 0 Å². The van der Waals surface area contributed by atoms with Crippen molar-refractivity contribution in [1.82, 2.24) is 9.88 Å². The maximum atomic E-state index is 13.4. The molecule has 0 fully saturated rings. The highest BCUT2D eigenvalue weighted by Crippen LogP contribution is 2.29. The number of nitrogens with zero attached hydrogens (tertiary/aromatic N) is 4. The van der Waals surface area contributed by atoms with Crippen LogP contribution in [0.25, 0.3) is 10.9 Å². The summed E-state index contributed by atoms with van der Waals surface area (Å²) in [7, 11) is 0. The number of nitrogens with one attached hydrogen (secondary N) is 1. The van der Waals surface area contributed by atoms with Crippen molar-refractivity contribution in [3.63, 3.8) is 0 Å². The summed E-state index contributed by atoms with van der Waals surface area (Å²) in [5.41, 5.74) is 3.58. The molecule has 39 heavy (non-hydrogen) atoms. The van der Waals surface area contributed by atoms with Crippen LogP contribution in [0.15, 0.2) is 72.8 Å². The minimum absolute atomic E-state index is 0.0726. The molecule has 0 saturated carbocycles. The van der Waals surface area contributed by atoms with Crippen LogP contribution in [-0.2, 0) is 29.0 Å². The number of carbonyl (C=O) groups is 2. The van der Waals surface area contributed by atoms with Gasteiger partial charge in [-0.15, -0.1) is 0 Å². The first-order valence-electron chi connectivity index (χ1n) is 12.2. The van der Waals surface area contributed by atoms with Gasteiger partial charge < -0.3 is 10.1 Å². The minimum Gasteiger partial charge on any atom is -0.452 e. The molecule has 1 amide bonds. The predicted octanol–water partition coefficient (Wildman–Crippen LogP) is 4.37. The van der Waals surface area contributed by atoms with Gasteiger partial charge in [0.25, 0.3) is 11.6 Å². The van der Waals surface area contributed by atoms with Gasteiger partial charge in [0, 0.05) is 54.8 Å². The van der Waals surface area contributed by atoms with Gasteiger partial charge in [-0.05, 0) is 17.7 Å². The van der Waals surface area contributed by atoms with E-state index in [1.807, 2.05) is 48.5 Å². The normalized spacial score (nSPS) is 12.8.